The highest BCUT2D eigenvalue weighted by atomic mass is 35.5. The van der Waals surface area contributed by atoms with E-state index in [4.69, 9.17) is 11.5 Å². The van der Waals surface area contributed by atoms with Crippen molar-refractivity contribution in [2.75, 3.05) is 26.2 Å². The maximum atomic E-state index is 13.1. The van der Waals surface area contributed by atoms with E-state index in [0.717, 1.165) is 77.5 Å². The molecule has 0 aromatic heterocycles. The first kappa shape index (κ1) is 26.4. The second-order valence-corrected chi connectivity index (χ2v) is 8.78. The van der Waals surface area contributed by atoms with Crippen LogP contribution in [-0.4, -0.2) is 60.1 Å². The fourth-order valence-corrected chi connectivity index (χ4v) is 4.55. The van der Waals surface area contributed by atoms with Crippen LogP contribution in [0.15, 0.2) is 0 Å². The summed E-state index contributed by atoms with van der Waals surface area (Å²) in [5.74, 6) is -0.351. The average molecular weight is 453 g/mol. The van der Waals surface area contributed by atoms with Crippen molar-refractivity contribution in [3.63, 3.8) is 0 Å². The number of rotatable bonds is 4. The van der Waals surface area contributed by atoms with Crippen LogP contribution in [0.2, 0.25) is 0 Å². The van der Waals surface area contributed by atoms with E-state index in [9.17, 15) is 9.59 Å². The van der Waals surface area contributed by atoms with Gasteiger partial charge in [-0.25, -0.2) is 10.0 Å². The molecule has 1 aliphatic carbocycles. The summed E-state index contributed by atoms with van der Waals surface area (Å²) in [5, 5.41) is 3.93. The smallest absolute Gasteiger partial charge is 0.241 e. The van der Waals surface area contributed by atoms with E-state index in [-0.39, 0.29) is 54.6 Å². The Kier molecular flexibility index (Phi) is 10.6. The maximum Gasteiger partial charge on any atom is 0.241 e. The van der Waals surface area contributed by atoms with E-state index >= 15 is 0 Å². The van der Waals surface area contributed by atoms with Gasteiger partial charge in [-0.05, 0) is 45.4 Å². The zero-order valence-corrected chi connectivity index (χ0v) is 19.0. The topological polar surface area (TPSA) is 117 Å². The van der Waals surface area contributed by atoms with Gasteiger partial charge in [-0.2, -0.15) is 0 Å². The fraction of sp³-hybridized carbons (Fsp3) is 0.895. The highest BCUT2D eigenvalue weighted by molar-refractivity contribution is 5.90. The van der Waals surface area contributed by atoms with Crippen LogP contribution in [-0.2, 0) is 9.59 Å². The van der Waals surface area contributed by atoms with Crippen molar-refractivity contribution in [1.29, 1.82) is 0 Å². The van der Waals surface area contributed by atoms with Crippen LogP contribution in [0.25, 0.3) is 0 Å². The third kappa shape index (κ3) is 6.67. The third-order valence-electron chi connectivity index (χ3n) is 6.65. The lowest BCUT2D eigenvalue weighted by Gasteiger charge is -2.42. The number of nitrogens with one attached hydrogen (secondary N) is 2. The number of halogens is 2. The molecule has 8 nitrogen and oxygen atoms in total. The quantitative estimate of drug-likeness (QED) is 0.503. The van der Waals surface area contributed by atoms with Gasteiger partial charge in [0.2, 0.25) is 11.8 Å². The Morgan fingerprint density at radius 3 is 1.83 bits per heavy atom. The molecule has 2 aliphatic heterocycles. The molecular formula is C19H38Cl2N6O2. The molecule has 0 spiro atoms. The maximum absolute atomic E-state index is 13.1. The molecule has 2 heterocycles. The van der Waals surface area contributed by atoms with Gasteiger partial charge in [-0.1, -0.05) is 12.8 Å². The number of carbonyl (C=O) groups excluding carboxylic acids is 2. The summed E-state index contributed by atoms with van der Waals surface area (Å²) < 4.78 is 0. The number of nitrogens with zero attached hydrogens (tertiary/aromatic N) is 2. The summed E-state index contributed by atoms with van der Waals surface area (Å²) in [4.78, 5) is 26.1. The van der Waals surface area contributed by atoms with Crippen LogP contribution in [0.5, 0.6) is 0 Å². The van der Waals surface area contributed by atoms with Gasteiger partial charge < -0.3 is 11.5 Å². The second kappa shape index (κ2) is 11.7. The minimum absolute atomic E-state index is 0. The summed E-state index contributed by atoms with van der Waals surface area (Å²) in [6, 6.07) is 0.446. The monoisotopic (exact) mass is 452 g/mol. The van der Waals surface area contributed by atoms with Gasteiger partial charge in [0.15, 0.2) is 0 Å². The zero-order valence-electron chi connectivity index (χ0n) is 17.4. The van der Waals surface area contributed by atoms with Gasteiger partial charge in [-0.15, -0.1) is 24.8 Å². The molecule has 2 unspecified atom stereocenters. The first-order valence-corrected chi connectivity index (χ1v) is 10.5. The first-order valence-electron chi connectivity index (χ1n) is 10.5. The van der Waals surface area contributed by atoms with Crippen LogP contribution in [0.3, 0.4) is 0 Å². The SMILES string of the molecule is CC1(C(=O)NN2CCC(N)CC2)CCCCC1C(=O)NN1CCC(N)CC1.Cl.Cl. The molecule has 1 saturated carbocycles. The van der Waals surface area contributed by atoms with Crippen molar-refractivity contribution in [3.8, 4) is 0 Å². The lowest BCUT2D eigenvalue weighted by molar-refractivity contribution is -0.150. The number of hydrazine groups is 2. The van der Waals surface area contributed by atoms with Crippen molar-refractivity contribution >= 4 is 36.6 Å². The van der Waals surface area contributed by atoms with E-state index in [1.807, 2.05) is 16.9 Å². The summed E-state index contributed by atoms with van der Waals surface area (Å²) in [6.45, 7) is 5.04. The molecule has 3 rings (SSSR count). The van der Waals surface area contributed by atoms with Crippen molar-refractivity contribution in [1.82, 2.24) is 20.9 Å². The highest BCUT2D eigenvalue weighted by Crippen LogP contribution is 2.41. The number of hydrogen-bond donors (Lipinski definition) is 4. The molecule has 29 heavy (non-hydrogen) atoms. The second-order valence-electron chi connectivity index (χ2n) is 8.78. The largest absolute Gasteiger partial charge is 0.328 e. The third-order valence-corrected chi connectivity index (χ3v) is 6.65. The minimum Gasteiger partial charge on any atom is -0.328 e. The van der Waals surface area contributed by atoms with Gasteiger partial charge in [0.25, 0.3) is 0 Å². The van der Waals surface area contributed by atoms with Crippen molar-refractivity contribution in [2.45, 2.75) is 70.4 Å². The molecule has 0 bridgehead atoms. The number of piperidine rings is 2. The number of nitrogens with two attached hydrogens (primary N) is 2. The van der Waals surface area contributed by atoms with Crippen molar-refractivity contribution in [2.24, 2.45) is 22.8 Å². The standard InChI is InChI=1S/C19H36N6O2.2ClH/c1-19(18(27)23-25-12-7-15(21)8-13-25)9-3-2-4-16(19)17(26)22-24-10-5-14(20)6-11-24;;/h14-16H,2-13,20-21H2,1H3,(H,22,26)(H,23,27);2*1H. The normalized spacial score (nSPS) is 30.0. The summed E-state index contributed by atoms with van der Waals surface area (Å²) in [5.41, 5.74) is 17.4. The Labute approximate surface area is 186 Å². The molecule has 10 heteroatoms. The molecule has 3 fully saturated rings. The highest BCUT2D eigenvalue weighted by Gasteiger charge is 2.47. The van der Waals surface area contributed by atoms with Crippen LogP contribution in [0, 0.1) is 11.3 Å². The van der Waals surface area contributed by atoms with Gasteiger partial charge in [0, 0.05) is 38.3 Å². The molecule has 0 aromatic rings. The summed E-state index contributed by atoms with van der Waals surface area (Å²) in [6.07, 6.45) is 7.03. The van der Waals surface area contributed by atoms with Crippen molar-refractivity contribution < 1.29 is 9.59 Å². The van der Waals surface area contributed by atoms with Gasteiger partial charge in [0.1, 0.15) is 0 Å². The number of amides is 2. The Balaban J connectivity index is 0.00000210. The molecule has 0 aromatic carbocycles. The van der Waals surface area contributed by atoms with E-state index in [1.54, 1.807) is 0 Å². The predicted molar refractivity (Wildman–Crippen MR) is 118 cm³/mol. The number of hydrogen-bond acceptors (Lipinski definition) is 6. The lowest BCUT2D eigenvalue weighted by Crippen LogP contribution is -2.58. The zero-order chi connectivity index (χ0) is 19.4. The molecule has 2 atom stereocenters. The molecule has 6 N–H and O–H groups in total. The molecule has 0 radical (unpaired) electrons. The Morgan fingerprint density at radius 2 is 1.31 bits per heavy atom. The lowest BCUT2D eigenvalue weighted by atomic mass is 9.66. The van der Waals surface area contributed by atoms with Crippen molar-refractivity contribution in [3.05, 3.63) is 0 Å². The Bertz CT molecular complexity index is 539. The fourth-order valence-electron chi connectivity index (χ4n) is 4.55. The summed E-state index contributed by atoms with van der Waals surface area (Å²) in [7, 11) is 0. The van der Waals surface area contributed by atoms with E-state index in [0.29, 0.717) is 0 Å². The first-order chi connectivity index (χ1) is 12.9. The van der Waals surface area contributed by atoms with Gasteiger partial charge in [-0.3, -0.25) is 20.4 Å². The van der Waals surface area contributed by atoms with Crippen LogP contribution in [0.1, 0.15) is 58.3 Å². The number of carbonyl (C=O) groups is 2. The molecular weight excluding hydrogens is 415 g/mol. The minimum atomic E-state index is -0.673. The molecule has 3 aliphatic rings. The molecule has 170 valence electrons. The van der Waals surface area contributed by atoms with E-state index in [2.05, 4.69) is 10.9 Å². The summed E-state index contributed by atoms with van der Waals surface area (Å²) >= 11 is 0. The predicted octanol–water partition coefficient (Wildman–Crippen LogP) is 0.935. The van der Waals surface area contributed by atoms with Gasteiger partial charge in [0.05, 0.1) is 11.3 Å². The Morgan fingerprint density at radius 1 is 0.828 bits per heavy atom. The average Bonchev–Trinajstić information content (AvgIpc) is 2.65. The van der Waals surface area contributed by atoms with Gasteiger partial charge >= 0.3 is 0 Å². The van der Waals surface area contributed by atoms with Crippen LogP contribution < -0.4 is 22.3 Å². The molecule has 2 saturated heterocycles. The van der Waals surface area contributed by atoms with E-state index in [1.165, 1.54) is 0 Å². The Hall–Kier alpha value is -0.640. The van der Waals surface area contributed by atoms with E-state index < -0.39 is 5.41 Å². The molecule has 2 amide bonds. The van der Waals surface area contributed by atoms with Crippen LogP contribution >= 0.6 is 24.8 Å². The van der Waals surface area contributed by atoms with Crippen LogP contribution in [0.4, 0.5) is 0 Å².